The van der Waals surface area contributed by atoms with Crippen LogP contribution in [-0.2, 0) is 9.84 Å². The SMILES string of the molecule is O=S1(=O)CCN2c3cc(F)ccc3NCCC2C1. The van der Waals surface area contributed by atoms with Gasteiger partial charge >= 0.3 is 0 Å². The highest BCUT2D eigenvalue weighted by molar-refractivity contribution is 7.91. The molecule has 6 heteroatoms. The summed E-state index contributed by atoms with van der Waals surface area (Å²) < 4.78 is 36.7. The summed E-state index contributed by atoms with van der Waals surface area (Å²) in [5.74, 6) is 0.0361. The van der Waals surface area contributed by atoms with Crippen LogP contribution in [0.25, 0.3) is 0 Å². The summed E-state index contributed by atoms with van der Waals surface area (Å²) >= 11 is 0. The summed E-state index contributed by atoms with van der Waals surface area (Å²) in [5, 5.41) is 3.23. The van der Waals surface area contributed by atoms with Gasteiger partial charge in [-0.15, -0.1) is 0 Å². The van der Waals surface area contributed by atoms with Crippen LogP contribution in [0.4, 0.5) is 15.8 Å². The lowest BCUT2D eigenvalue weighted by molar-refractivity contribution is 0.549. The van der Waals surface area contributed by atoms with E-state index in [0.717, 1.165) is 24.3 Å². The van der Waals surface area contributed by atoms with Crippen molar-refractivity contribution in [2.24, 2.45) is 0 Å². The minimum atomic E-state index is -2.95. The Kier molecular flexibility index (Phi) is 2.69. The number of benzene rings is 1. The van der Waals surface area contributed by atoms with Crippen LogP contribution in [0.5, 0.6) is 0 Å². The van der Waals surface area contributed by atoms with E-state index in [1.165, 1.54) is 12.1 Å². The van der Waals surface area contributed by atoms with E-state index in [4.69, 9.17) is 0 Å². The van der Waals surface area contributed by atoms with E-state index in [0.29, 0.717) is 6.54 Å². The third kappa shape index (κ3) is 2.05. The maximum absolute atomic E-state index is 13.4. The van der Waals surface area contributed by atoms with Crippen molar-refractivity contribution in [2.75, 3.05) is 34.8 Å². The first-order valence-corrected chi connectivity index (χ1v) is 7.88. The molecule has 1 aromatic rings. The van der Waals surface area contributed by atoms with E-state index in [1.807, 2.05) is 4.90 Å². The Morgan fingerprint density at radius 1 is 1.39 bits per heavy atom. The van der Waals surface area contributed by atoms with Gasteiger partial charge in [-0.25, -0.2) is 12.8 Å². The number of hydrogen-bond acceptors (Lipinski definition) is 4. The Bertz CT molecular complexity index is 573. The van der Waals surface area contributed by atoms with Gasteiger partial charge in [-0.05, 0) is 24.6 Å². The van der Waals surface area contributed by atoms with E-state index in [2.05, 4.69) is 5.32 Å². The van der Waals surface area contributed by atoms with Crippen LogP contribution in [0, 0.1) is 5.82 Å². The molecule has 1 N–H and O–H groups in total. The van der Waals surface area contributed by atoms with Gasteiger partial charge in [0.15, 0.2) is 9.84 Å². The number of nitrogens with one attached hydrogen (secondary N) is 1. The van der Waals surface area contributed by atoms with Crippen LogP contribution in [-0.4, -0.2) is 39.1 Å². The molecule has 2 aliphatic heterocycles. The molecule has 98 valence electrons. The number of nitrogens with zero attached hydrogens (tertiary/aromatic N) is 1. The predicted octanol–water partition coefficient (Wildman–Crippen LogP) is 1.24. The van der Waals surface area contributed by atoms with E-state index in [9.17, 15) is 12.8 Å². The Morgan fingerprint density at radius 2 is 2.22 bits per heavy atom. The molecule has 1 saturated heterocycles. The second-order valence-corrected chi connectivity index (χ2v) is 7.07. The smallest absolute Gasteiger partial charge is 0.154 e. The summed E-state index contributed by atoms with van der Waals surface area (Å²) in [6, 6.07) is 4.58. The Morgan fingerprint density at radius 3 is 3.06 bits per heavy atom. The molecule has 3 rings (SSSR count). The van der Waals surface area contributed by atoms with Gasteiger partial charge in [0.2, 0.25) is 0 Å². The highest BCUT2D eigenvalue weighted by Gasteiger charge is 2.33. The Hall–Kier alpha value is -1.30. The zero-order valence-corrected chi connectivity index (χ0v) is 10.7. The fraction of sp³-hybridized carbons (Fsp3) is 0.500. The highest BCUT2D eigenvalue weighted by atomic mass is 32.2. The summed E-state index contributed by atoms with van der Waals surface area (Å²) in [6.07, 6.45) is 0.759. The molecular formula is C12H15FN2O2S. The van der Waals surface area contributed by atoms with Crippen molar-refractivity contribution in [3.63, 3.8) is 0 Å². The number of fused-ring (bicyclic) bond motifs is 3. The van der Waals surface area contributed by atoms with Crippen LogP contribution < -0.4 is 10.2 Å². The monoisotopic (exact) mass is 270 g/mol. The van der Waals surface area contributed by atoms with Crippen molar-refractivity contribution in [3.05, 3.63) is 24.0 Å². The molecule has 2 heterocycles. The van der Waals surface area contributed by atoms with Crippen LogP contribution in [0.15, 0.2) is 18.2 Å². The van der Waals surface area contributed by atoms with Crippen molar-refractivity contribution in [1.82, 2.24) is 0 Å². The summed E-state index contributed by atoms with van der Waals surface area (Å²) in [5.41, 5.74) is 1.67. The molecule has 4 nitrogen and oxygen atoms in total. The molecule has 0 spiro atoms. The summed E-state index contributed by atoms with van der Waals surface area (Å²) in [6.45, 7) is 1.17. The number of hydrogen-bond donors (Lipinski definition) is 1. The number of rotatable bonds is 0. The minimum absolute atomic E-state index is 0.0423. The zero-order valence-electron chi connectivity index (χ0n) is 9.89. The maximum Gasteiger partial charge on any atom is 0.154 e. The lowest BCUT2D eigenvalue weighted by Gasteiger charge is -2.36. The Balaban J connectivity index is 2.02. The van der Waals surface area contributed by atoms with E-state index < -0.39 is 9.84 Å². The van der Waals surface area contributed by atoms with Crippen LogP contribution in [0.2, 0.25) is 0 Å². The fourth-order valence-electron chi connectivity index (χ4n) is 2.71. The van der Waals surface area contributed by atoms with Crippen LogP contribution in [0.3, 0.4) is 0 Å². The molecule has 0 aromatic heterocycles. The molecule has 0 radical (unpaired) electrons. The third-order valence-corrected chi connectivity index (χ3v) is 5.29. The first-order chi connectivity index (χ1) is 8.55. The van der Waals surface area contributed by atoms with E-state index >= 15 is 0 Å². The van der Waals surface area contributed by atoms with Crippen molar-refractivity contribution in [3.8, 4) is 0 Å². The van der Waals surface area contributed by atoms with Gasteiger partial charge in [-0.3, -0.25) is 0 Å². The van der Waals surface area contributed by atoms with Gasteiger partial charge in [0.05, 0.1) is 22.9 Å². The maximum atomic E-state index is 13.4. The largest absolute Gasteiger partial charge is 0.383 e. The molecule has 1 aromatic carbocycles. The van der Waals surface area contributed by atoms with Crippen molar-refractivity contribution >= 4 is 21.2 Å². The van der Waals surface area contributed by atoms with Gasteiger partial charge in [0, 0.05) is 19.1 Å². The van der Waals surface area contributed by atoms with Gasteiger partial charge in [0.1, 0.15) is 5.82 Å². The standard InChI is InChI=1S/C12H15FN2O2S/c13-9-1-2-11-12(7-9)15-5-6-18(16,17)8-10(15)3-4-14-11/h1-2,7,10,14H,3-6,8H2. The molecule has 2 aliphatic rings. The first-order valence-electron chi connectivity index (χ1n) is 6.06. The number of halogens is 1. The van der Waals surface area contributed by atoms with Crippen molar-refractivity contribution in [2.45, 2.75) is 12.5 Å². The first kappa shape index (κ1) is 11.8. The van der Waals surface area contributed by atoms with E-state index in [1.54, 1.807) is 6.07 Å². The average molecular weight is 270 g/mol. The van der Waals surface area contributed by atoms with Crippen molar-refractivity contribution < 1.29 is 12.8 Å². The molecule has 18 heavy (non-hydrogen) atoms. The average Bonchev–Trinajstić information content (AvgIpc) is 2.46. The number of sulfone groups is 1. The molecular weight excluding hydrogens is 255 g/mol. The van der Waals surface area contributed by atoms with Gasteiger partial charge in [0.25, 0.3) is 0 Å². The summed E-state index contributed by atoms with van der Waals surface area (Å²) in [7, 11) is -2.95. The summed E-state index contributed by atoms with van der Waals surface area (Å²) in [4.78, 5) is 2.03. The Labute approximate surface area is 106 Å². The molecule has 1 unspecified atom stereocenters. The van der Waals surface area contributed by atoms with Gasteiger partial charge < -0.3 is 10.2 Å². The zero-order chi connectivity index (χ0) is 12.8. The topological polar surface area (TPSA) is 49.4 Å². The van der Waals surface area contributed by atoms with Crippen LogP contribution >= 0.6 is 0 Å². The molecule has 1 atom stereocenters. The molecule has 0 bridgehead atoms. The lowest BCUT2D eigenvalue weighted by atomic mass is 10.1. The van der Waals surface area contributed by atoms with Gasteiger partial charge in [-0.1, -0.05) is 0 Å². The normalized spacial score (nSPS) is 25.6. The molecule has 0 amide bonds. The van der Waals surface area contributed by atoms with Crippen molar-refractivity contribution in [1.29, 1.82) is 0 Å². The van der Waals surface area contributed by atoms with Gasteiger partial charge in [-0.2, -0.15) is 0 Å². The van der Waals surface area contributed by atoms with E-state index in [-0.39, 0.29) is 23.4 Å². The lowest BCUT2D eigenvalue weighted by Crippen LogP contribution is -2.48. The van der Waals surface area contributed by atoms with Crippen LogP contribution in [0.1, 0.15) is 6.42 Å². The fourth-order valence-corrected chi connectivity index (χ4v) is 4.28. The molecule has 0 aliphatic carbocycles. The third-order valence-electron chi connectivity index (χ3n) is 3.59. The number of anilines is 2. The second-order valence-electron chi connectivity index (χ2n) is 4.84. The highest BCUT2D eigenvalue weighted by Crippen LogP contribution is 2.33. The molecule has 1 fully saturated rings. The second kappa shape index (κ2) is 4.12. The quantitative estimate of drug-likeness (QED) is 0.770. The molecule has 0 saturated carbocycles. The predicted molar refractivity (Wildman–Crippen MR) is 69.3 cm³/mol. The minimum Gasteiger partial charge on any atom is -0.383 e.